The Hall–Kier alpha value is -5.21. The molecule has 7 rings (SSSR count). The van der Waals surface area contributed by atoms with Crippen LogP contribution in [0.25, 0.3) is 5.65 Å². The number of rotatable bonds is 10. The van der Waals surface area contributed by atoms with E-state index in [9.17, 15) is 14.4 Å². The second-order valence-corrected chi connectivity index (χ2v) is 15.7. The lowest BCUT2D eigenvalue weighted by Gasteiger charge is -2.34. The Labute approximate surface area is 315 Å². The summed E-state index contributed by atoms with van der Waals surface area (Å²) in [5.41, 5.74) is 0.638. The minimum atomic E-state index is -1.50. The maximum absolute atomic E-state index is 13.7. The van der Waals surface area contributed by atoms with Gasteiger partial charge in [0, 0.05) is 55.2 Å². The van der Waals surface area contributed by atoms with E-state index in [-0.39, 0.29) is 17.1 Å². The van der Waals surface area contributed by atoms with Gasteiger partial charge in [0.1, 0.15) is 29.0 Å². The van der Waals surface area contributed by atoms with Gasteiger partial charge in [-0.25, -0.2) is 14.8 Å². The predicted molar refractivity (Wildman–Crippen MR) is 203 cm³/mol. The molecule has 14 heteroatoms. The van der Waals surface area contributed by atoms with E-state index >= 15 is 0 Å². The first kappa shape index (κ1) is 37.1. The third-order valence-corrected chi connectivity index (χ3v) is 10.6. The van der Waals surface area contributed by atoms with Crippen molar-refractivity contribution in [1.29, 1.82) is 0 Å². The van der Waals surface area contributed by atoms with Crippen LogP contribution in [0, 0.1) is 0 Å². The number of aromatic nitrogens is 5. The van der Waals surface area contributed by atoms with E-state index in [0.29, 0.717) is 43.0 Å². The Bertz CT molecular complexity index is 2040. The molecule has 1 aliphatic heterocycles. The summed E-state index contributed by atoms with van der Waals surface area (Å²) >= 11 is 0. The lowest BCUT2D eigenvalue weighted by atomic mass is 9.81. The molecule has 1 saturated heterocycles. The van der Waals surface area contributed by atoms with E-state index in [0.717, 1.165) is 56.0 Å². The zero-order chi connectivity index (χ0) is 37.9. The van der Waals surface area contributed by atoms with Crippen LogP contribution < -0.4 is 20.7 Å². The van der Waals surface area contributed by atoms with Crippen LogP contribution in [0.15, 0.2) is 60.8 Å². The van der Waals surface area contributed by atoms with E-state index in [1.54, 1.807) is 24.3 Å². The van der Waals surface area contributed by atoms with Crippen LogP contribution in [0.1, 0.15) is 99.2 Å². The highest BCUT2D eigenvalue weighted by atomic mass is 16.5. The predicted octanol–water partition coefficient (Wildman–Crippen LogP) is 5.01. The van der Waals surface area contributed by atoms with Crippen molar-refractivity contribution in [3.63, 3.8) is 0 Å². The molecular weight excluding hydrogens is 686 g/mol. The summed E-state index contributed by atoms with van der Waals surface area (Å²) in [7, 11) is 0. The number of amides is 3. The number of nitrogens with zero attached hydrogens (tertiary/aromatic N) is 6. The molecule has 14 nitrogen and oxygen atoms in total. The van der Waals surface area contributed by atoms with Crippen LogP contribution in [0.4, 0.5) is 10.6 Å². The van der Waals surface area contributed by atoms with Crippen molar-refractivity contribution in [2.45, 2.75) is 82.3 Å². The van der Waals surface area contributed by atoms with E-state index in [1.165, 1.54) is 12.8 Å². The highest BCUT2D eigenvalue weighted by molar-refractivity contribution is 5.94. The number of ether oxygens (including phenoxy) is 2. The molecule has 2 fully saturated rings. The van der Waals surface area contributed by atoms with E-state index < -0.39 is 29.0 Å². The van der Waals surface area contributed by atoms with Crippen molar-refractivity contribution in [3.8, 4) is 5.75 Å². The van der Waals surface area contributed by atoms with Gasteiger partial charge in [-0.1, -0.05) is 64.8 Å². The quantitative estimate of drug-likeness (QED) is 0.149. The van der Waals surface area contributed by atoms with Crippen molar-refractivity contribution in [2.75, 3.05) is 44.7 Å². The first-order valence-corrected chi connectivity index (χ1v) is 18.8. The highest BCUT2D eigenvalue weighted by Gasteiger charge is 2.39. The van der Waals surface area contributed by atoms with Crippen molar-refractivity contribution >= 4 is 29.7 Å². The first-order chi connectivity index (χ1) is 26.0. The Morgan fingerprint density at radius 1 is 1.04 bits per heavy atom. The van der Waals surface area contributed by atoms with Crippen molar-refractivity contribution in [3.05, 3.63) is 89.3 Å². The number of anilines is 1. The third kappa shape index (κ3) is 7.85. The molecule has 0 unspecified atom stereocenters. The number of aldehydes is 1. The second-order valence-electron chi connectivity index (χ2n) is 15.7. The average Bonchev–Trinajstić information content (AvgIpc) is 3.71. The standard InChI is InChI=1S/C40H49N9O5/c1-38(2,3)31-24-32(43-34(42-31)35(51)41-18-20-48-19-9-22-53-23-21-48)44-37(52)45-40(26-50)17-14-30(28-10-5-6-11-29(28)40)54-27-12-13-33-46-47-36(49(33)25-27)39(4)15-7-8-16-39/h5-6,10-14,17,24-26,30H,7-9,15-16,18-23H2,1-4H3,(H,41,51)(H2,42,43,44,45,52)/t30-,40-/m1/s1. The number of hydrogen-bond acceptors (Lipinski definition) is 10. The Balaban J connectivity index is 1.08. The van der Waals surface area contributed by atoms with Crippen LogP contribution in [-0.2, 0) is 25.9 Å². The van der Waals surface area contributed by atoms with Gasteiger partial charge in [-0.15, -0.1) is 10.2 Å². The lowest BCUT2D eigenvalue weighted by molar-refractivity contribution is -0.111. The summed E-state index contributed by atoms with van der Waals surface area (Å²) in [6.07, 6.45) is 10.9. The molecular formula is C40H49N9O5. The molecule has 3 amide bonds. The molecule has 3 aromatic heterocycles. The van der Waals surface area contributed by atoms with Gasteiger partial charge in [-0.2, -0.15) is 0 Å². The van der Waals surface area contributed by atoms with Gasteiger partial charge in [-0.3, -0.25) is 24.2 Å². The molecule has 3 aliphatic rings. The molecule has 3 N–H and O–H groups in total. The van der Waals surface area contributed by atoms with E-state index in [4.69, 9.17) is 9.47 Å². The van der Waals surface area contributed by atoms with Crippen LogP contribution in [0.2, 0.25) is 0 Å². The fourth-order valence-electron chi connectivity index (χ4n) is 7.54. The van der Waals surface area contributed by atoms with Crippen LogP contribution >= 0.6 is 0 Å². The van der Waals surface area contributed by atoms with Crippen molar-refractivity contribution in [2.24, 2.45) is 0 Å². The minimum absolute atomic E-state index is 0.0397. The van der Waals surface area contributed by atoms with Gasteiger partial charge in [0.25, 0.3) is 5.91 Å². The topological polar surface area (TPSA) is 165 Å². The summed E-state index contributed by atoms with van der Waals surface area (Å²) in [5.74, 6) is 1.18. The third-order valence-electron chi connectivity index (χ3n) is 10.6. The molecule has 0 spiro atoms. The van der Waals surface area contributed by atoms with Gasteiger partial charge < -0.3 is 20.1 Å². The molecule has 2 atom stereocenters. The summed E-state index contributed by atoms with van der Waals surface area (Å²) in [5, 5.41) is 17.5. The molecule has 0 radical (unpaired) electrons. The fraction of sp³-hybridized carbons (Fsp3) is 0.475. The number of pyridine rings is 1. The molecule has 54 heavy (non-hydrogen) atoms. The summed E-state index contributed by atoms with van der Waals surface area (Å²) in [6.45, 7) is 12.4. The van der Waals surface area contributed by atoms with E-state index in [1.807, 2.05) is 61.7 Å². The number of nitrogens with one attached hydrogen (secondary N) is 3. The monoisotopic (exact) mass is 735 g/mol. The second kappa shape index (κ2) is 15.3. The maximum Gasteiger partial charge on any atom is 0.321 e. The molecule has 0 bridgehead atoms. The Morgan fingerprint density at radius 2 is 1.85 bits per heavy atom. The van der Waals surface area contributed by atoms with Gasteiger partial charge in [0.2, 0.25) is 5.82 Å². The lowest BCUT2D eigenvalue weighted by Crippen LogP contribution is -2.49. The molecule has 4 heterocycles. The number of hydrogen-bond donors (Lipinski definition) is 3. The van der Waals surface area contributed by atoms with E-state index in [2.05, 4.69) is 47.9 Å². The summed E-state index contributed by atoms with van der Waals surface area (Å²) in [4.78, 5) is 51.0. The molecule has 1 aromatic carbocycles. The highest BCUT2D eigenvalue weighted by Crippen LogP contribution is 2.41. The van der Waals surface area contributed by atoms with Gasteiger partial charge in [0.05, 0.1) is 18.5 Å². The largest absolute Gasteiger partial charge is 0.480 e. The molecule has 4 aromatic rings. The molecule has 284 valence electrons. The van der Waals surface area contributed by atoms with Gasteiger partial charge in [-0.05, 0) is 49.1 Å². The summed E-state index contributed by atoms with van der Waals surface area (Å²) in [6, 6.07) is 12.1. The van der Waals surface area contributed by atoms with Crippen molar-refractivity contribution < 1.29 is 23.9 Å². The van der Waals surface area contributed by atoms with Crippen LogP contribution in [0.5, 0.6) is 5.75 Å². The zero-order valence-corrected chi connectivity index (χ0v) is 31.4. The Morgan fingerprint density at radius 3 is 2.65 bits per heavy atom. The molecule has 1 saturated carbocycles. The maximum atomic E-state index is 13.7. The zero-order valence-electron chi connectivity index (χ0n) is 31.4. The number of carbonyl (C=O) groups is 3. The van der Waals surface area contributed by atoms with Gasteiger partial charge >= 0.3 is 6.03 Å². The summed E-state index contributed by atoms with van der Waals surface area (Å²) < 4.78 is 14.1. The van der Waals surface area contributed by atoms with Crippen LogP contribution in [-0.4, -0.2) is 87.1 Å². The number of fused-ring (bicyclic) bond motifs is 2. The minimum Gasteiger partial charge on any atom is -0.480 e. The Kier molecular flexibility index (Phi) is 10.5. The van der Waals surface area contributed by atoms with Crippen LogP contribution in [0.3, 0.4) is 0 Å². The molecule has 2 aliphatic carbocycles. The normalized spacial score (nSPS) is 21.2. The number of carbonyl (C=O) groups excluding carboxylic acids is 3. The first-order valence-electron chi connectivity index (χ1n) is 18.8. The fourth-order valence-corrected chi connectivity index (χ4v) is 7.54. The number of benzene rings is 1. The average molecular weight is 736 g/mol. The smallest absolute Gasteiger partial charge is 0.321 e. The SMILES string of the molecule is CC(C)(C)c1cc(NC(=O)N[C@@]2(C=O)C=C[C@@H](Oc3ccc4nnc(C5(C)CCCC5)n4c3)c3ccccc32)nc(C(=O)NCCN2CCCOCC2)n1. The van der Waals surface area contributed by atoms with Gasteiger partial charge in [0.15, 0.2) is 11.9 Å². The van der Waals surface area contributed by atoms with Crippen molar-refractivity contribution in [1.82, 2.24) is 40.1 Å². The number of urea groups is 1.